The number of thioether (sulfide) groups is 1. The molecule has 0 fully saturated rings. The first-order valence-electron chi connectivity index (χ1n) is 12.2. The number of aliphatic imine (C=N–C) groups is 1. The van der Waals surface area contributed by atoms with Gasteiger partial charge in [-0.3, -0.25) is 9.59 Å². The lowest BCUT2D eigenvalue weighted by Crippen LogP contribution is -2.25. The second kappa shape index (κ2) is 11.1. The summed E-state index contributed by atoms with van der Waals surface area (Å²) in [5.74, 6) is 0.711. The normalized spacial score (nSPS) is 18.7. The molecule has 0 aromatic heterocycles. The Labute approximate surface area is 225 Å². The third kappa shape index (κ3) is 5.43. The van der Waals surface area contributed by atoms with E-state index in [9.17, 15) is 9.59 Å². The van der Waals surface area contributed by atoms with Crippen LogP contribution < -0.4 is 14.8 Å². The Bertz CT molecular complexity index is 1400. The SMILES string of the molecule is COc1ccc(C2=NN(C3=NC(=O)[C@H](CC(=O)Nc4ccccc4OC)S3)[C@H](c3ccc(C)cc3)C2)cc1. The number of benzene rings is 3. The van der Waals surface area contributed by atoms with E-state index in [-0.39, 0.29) is 24.3 Å². The Morgan fingerprint density at radius 3 is 2.47 bits per heavy atom. The monoisotopic (exact) mass is 528 g/mol. The molecule has 0 spiro atoms. The van der Waals surface area contributed by atoms with Crippen molar-refractivity contribution >= 4 is 40.1 Å². The number of carbonyl (C=O) groups is 2. The average molecular weight is 529 g/mol. The number of hydrogen-bond donors (Lipinski definition) is 1. The molecule has 8 nitrogen and oxygen atoms in total. The van der Waals surface area contributed by atoms with Crippen LogP contribution in [0.3, 0.4) is 0 Å². The van der Waals surface area contributed by atoms with Gasteiger partial charge in [-0.15, -0.1) is 0 Å². The summed E-state index contributed by atoms with van der Waals surface area (Å²) in [6, 6.07) is 23.1. The number of amides is 2. The molecule has 2 aliphatic heterocycles. The van der Waals surface area contributed by atoms with Crippen LogP contribution in [0, 0.1) is 6.92 Å². The molecule has 0 unspecified atom stereocenters. The third-order valence-electron chi connectivity index (χ3n) is 6.47. The number of hydrogen-bond acceptors (Lipinski definition) is 7. The molecular formula is C29H28N4O4S. The lowest BCUT2D eigenvalue weighted by molar-refractivity contribution is -0.121. The highest BCUT2D eigenvalue weighted by Gasteiger charge is 2.39. The second-order valence-corrected chi connectivity index (χ2v) is 10.2. The van der Waals surface area contributed by atoms with Crippen molar-refractivity contribution in [2.45, 2.75) is 31.1 Å². The highest BCUT2D eigenvalue weighted by Crippen LogP contribution is 2.39. The van der Waals surface area contributed by atoms with Gasteiger partial charge in [0.15, 0.2) is 5.17 Å². The Morgan fingerprint density at radius 2 is 1.76 bits per heavy atom. The zero-order chi connectivity index (χ0) is 26.6. The summed E-state index contributed by atoms with van der Waals surface area (Å²) in [7, 11) is 3.18. The molecule has 0 saturated heterocycles. The van der Waals surface area contributed by atoms with E-state index in [2.05, 4.69) is 34.6 Å². The molecule has 194 valence electrons. The lowest BCUT2D eigenvalue weighted by Gasteiger charge is -2.23. The molecule has 1 N–H and O–H groups in total. The summed E-state index contributed by atoms with van der Waals surface area (Å²) >= 11 is 1.28. The molecular weight excluding hydrogens is 500 g/mol. The Hall–Kier alpha value is -4.11. The number of rotatable bonds is 7. The number of aryl methyl sites for hydroxylation is 1. The maximum atomic E-state index is 12.9. The Morgan fingerprint density at radius 1 is 1.03 bits per heavy atom. The minimum atomic E-state index is -0.626. The van der Waals surface area contributed by atoms with Crippen LogP contribution in [0.25, 0.3) is 0 Å². The van der Waals surface area contributed by atoms with Gasteiger partial charge in [-0.1, -0.05) is 53.7 Å². The summed E-state index contributed by atoms with van der Waals surface area (Å²) in [5, 5.41) is 9.44. The molecule has 2 aliphatic rings. The number of nitrogens with zero attached hydrogens (tertiary/aromatic N) is 3. The fourth-order valence-electron chi connectivity index (χ4n) is 4.41. The van der Waals surface area contributed by atoms with Crippen molar-refractivity contribution in [3.8, 4) is 11.5 Å². The van der Waals surface area contributed by atoms with E-state index in [4.69, 9.17) is 14.6 Å². The first kappa shape index (κ1) is 25.5. The summed E-state index contributed by atoms with van der Waals surface area (Å²) in [4.78, 5) is 30.0. The van der Waals surface area contributed by atoms with Gasteiger partial charge in [0.2, 0.25) is 5.91 Å². The predicted molar refractivity (Wildman–Crippen MR) is 150 cm³/mol. The zero-order valence-electron chi connectivity index (χ0n) is 21.4. The fraction of sp³-hybridized carbons (Fsp3) is 0.241. The molecule has 0 radical (unpaired) electrons. The summed E-state index contributed by atoms with van der Waals surface area (Å²) < 4.78 is 10.6. The number of methoxy groups -OCH3 is 2. The lowest BCUT2D eigenvalue weighted by atomic mass is 9.98. The first-order chi connectivity index (χ1) is 18.4. The molecule has 3 aromatic rings. The second-order valence-electron chi connectivity index (χ2n) is 9.04. The average Bonchev–Trinajstić information content (AvgIpc) is 3.53. The maximum Gasteiger partial charge on any atom is 0.262 e. The molecule has 5 rings (SSSR count). The van der Waals surface area contributed by atoms with Crippen molar-refractivity contribution < 1.29 is 19.1 Å². The maximum absolute atomic E-state index is 12.9. The van der Waals surface area contributed by atoms with Gasteiger partial charge in [0.1, 0.15) is 16.7 Å². The van der Waals surface area contributed by atoms with Crippen LogP contribution in [-0.4, -0.2) is 47.2 Å². The van der Waals surface area contributed by atoms with Gasteiger partial charge < -0.3 is 14.8 Å². The minimum absolute atomic E-state index is 0.00730. The Kier molecular flexibility index (Phi) is 7.46. The topological polar surface area (TPSA) is 92.6 Å². The molecule has 2 atom stereocenters. The number of amidine groups is 1. The molecule has 0 saturated carbocycles. The Balaban J connectivity index is 1.35. The van der Waals surface area contributed by atoms with Crippen LogP contribution in [0.5, 0.6) is 11.5 Å². The van der Waals surface area contributed by atoms with E-state index in [0.717, 1.165) is 22.6 Å². The van der Waals surface area contributed by atoms with Crippen LogP contribution in [0.1, 0.15) is 35.6 Å². The first-order valence-corrected chi connectivity index (χ1v) is 13.1. The van der Waals surface area contributed by atoms with Crippen molar-refractivity contribution in [1.29, 1.82) is 0 Å². The summed E-state index contributed by atoms with van der Waals surface area (Å²) in [6.07, 6.45) is 0.648. The van der Waals surface area contributed by atoms with Crippen LogP contribution in [0.4, 0.5) is 5.69 Å². The van der Waals surface area contributed by atoms with Crippen molar-refractivity contribution in [1.82, 2.24) is 5.01 Å². The van der Waals surface area contributed by atoms with Crippen LogP contribution in [0.15, 0.2) is 82.9 Å². The highest BCUT2D eigenvalue weighted by atomic mass is 32.2. The standard InChI is InChI=1S/C29H28N4O4S/c1-18-8-10-20(11-9-18)24-16-23(19-12-14-21(36-2)15-13-19)32-33(24)29-31-28(35)26(38-29)17-27(34)30-22-6-4-5-7-25(22)37-3/h4-15,24,26H,16-17H2,1-3H3,(H,30,34)/t24-,26-/m0/s1. The molecule has 2 heterocycles. The van der Waals surface area contributed by atoms with Gasteiger partial charge in [0.25, 0.3) is 5.91 Å². The van der Waals surface area contributed by atoms with E-state index < -0.39 is 5.25 Å². The number of hydrazone groups is 1. The number of ether oxygens (including phenoxy) is 2. The van der Waals surface area contributed by atoms with Crippen LogP contribution >= 0.6 is 11.8 Å². The summed E-state index contributed by atoms with van der Waals surface area (Å²) in [5.41, 5.74) is 4.68. The van der Waals surface area contributed by atoms with Gasteiger partial charge in [0, 0.05) is 12.8 Å². The van der Waals surface area contributed by atoms with Gasteiger partial charge in [-0.2, -0.15) is 10.1 Å². The van der Waals surface area contributed by atoms with E-state index in [1.54, 1.807) is 26.4 Å². The van der Waals surface area contributed by atoms with E-state index >= 15 is 0 Å². The third-order valence-corrected chi connectivity index (χ3v) is 7.61. The van der Waals surface area contributed by atoms with Crippen molar-refractivity contribution in [2.24, 2.45) is 10.1 Å². The molecule has 9 heteroatoms. The summed E-state index contributed by atoms with van der Waals surface area (Å²) in [6.45, 7) is 2.05. The molecule has 2 amide bonds. The number of nitrogens with one attached hydrogen (secondary N) is 1. The fourth-order valence-corrected chi connectivity index (χ4v) is 5.48. The highest BCUT2D eigenvalue weighted by molar-refractivity contribution is 8.15. The molecule has 38 heavy (non-hydrogen) atoms. The van der Waals surface area contributed by atoms with Crippen LogP contribution in [0.2, 0.25) is 0 Å². The largest absolute Gasteiger partial charge is 0.497 e. The van der Waals surface area contributed by atoms with Gasteiger partial charge >= 0.3 is 0 Å². The van der Waals surface area contributed by atoms with Gasteiger partial charge in [-0.05, 0) is 54.4 Å². The van der Waals surface area contributed by atoms with Gasteiger partial charge in [0.05, 0.1) is 31.7 Å². The van der Waals surface area contributed by atoms with E-state index in [0.29, 0.717) is 23.0 Å². The van der Waals surface area contributed by atoms with Crippen molar-refractivity contribution in [2.75, 3.05) is 19.5 Å². The van der Waals surface area contributed by atoms with Crippen LogP contribution in [-0.2, 0) is 9.59 Å². The van der Waals surface area contributed by atoms with E-state index in [1.165, 1.54) is 17.3 Å². The smallest absolute Gasteiger partial charge is 0.262 e. The number of carbonyl (C=O) groups excluding carboxylic acids is 2. The number of anilines is 1. The van der Waals surface area contributed by atoms with E-state index in [1.807, 2.05) is 48.3 Å². The van der Waals surface area contributed by atoms with Gasteiger partial charge in [-0.25, -0.2) is 5.01 Å². The zero-order valence-corrected chi connectivity index (χ0v) is 22.2. The number of para-hydroxylation sites is 2. The quantitative estimate of drug-likeness (QED) is 0.454. The van der Waals surface area contributed by atoms with Crippen molar-refractivity contribution in [3.05, 3.63) is 89.5 Å². The minimum Gasteiger partial charge on any atom is -0.497 e. The predicted octanol–water partition coefficient (Wildman–Crippen LogP) is 5.19. The molecule has 0 aliphatic carbocycles. The van der Waals surface area contributed by atoms with Crippen molar-refractivity contribution in [3.63, 3.8) is 0 Å². The molecule has 0 bridgehead atoms. The molecule has 3 aromatic carbocycles.